The molecule has 6 heteroatoms. The highest BCUT2D eigenvalue weighted by Crippen LogP contribution is 2.45. The summed E-state index contributed by atoms with van der Waals surface area (Å²) in [7, 11) is 0. The molecule has 2 heterocycles. The van der Waals surface area contributed by atoms with Gasteiger partial charge in [-0.1, -0.05) is 26.0 Å². The molecule has 148 valence electrons. The van der Waals surface area contributed by atoms with E-state index in [1.54, 1.807) is 12.1 Å². The fourth-order valence-corrected chi connectivity index (χ4v) is 4.64. The predicted octanol–water partition coefficient (Wildman–Crippen LogP) is 2.19. The molecular formula is C21H30FN3O2. The molecule has 3 rings (SSSR count). The highest BCUT2D eigenvalue weighted by molar-refractivity contribution is 5.85. The van der Waals surface area contributed by atoms with E-state index >= 15 is 0 Å². The molecule has 27 heavy (non-hydrogen) atoms. The van der Waals surface area contributed by atoms with Gasteiger partial charge in [0.05, 0.1) is 12.0 Å². The third-order valence-corrected chi connectivity index (χ3v) is 5.90. The molecule has 0 saturated carbocycles. The molecule has 0 aromatic heterocycles. The average Bonchev–Trinajstić information content (AvgIpc) is 2.82. The Morgan fingerprint density at radius 3 is 2.63 bits per heavy atom. The zero-order valence-corrected chi connectivity index (χ0v) is 16.3. The predicted molar refractivity (Wildman–Crippen MR) is 102 cm³/mol. The molecule has 0 aliphatic carbocycles. The third kappa shape index (κ3) is 4.49. The number of likely N-dealkylation sites (tertiary alicyclic amines) is 2. The lowest BCUT2D eigenvalue weighted by Gasteiger charge is -2.37. The summed E-state index contributed by atoms with van der Waals surface area (Å²) in [5, 5.41) is 0. The fourth-order valence-electron chi connectivity index (χ4n) is 4.64. The number of nitrogens with zero attached hydrogens (tertiary/aromatic N) is 2. The minimum Gasteiger partial charge on any atom is -0.369 e. The summed E-state index contributed by atoms with van der Waals surface area (Å²) < 4.78 is 13.6. The van der Waals surface area contributed by atoms with Crippen LogP contribution < -0.4 is 5.73 Å². The van der Waals surface area contributed by atoms with Crippen molar-refractivity contribution in [2.45, 2.75) is 45.6 Å². The van der Waals surface area contributed by atoms with Crippen molar-refractivity contribution in [2.24, 2.45) is 17.1 Å². The van der Waals surface area contributed by atoms with Gasteiger partial charge in [-0.15, -0.1) is 0 Å². The fraction of sp³-hybridized carbons (Fsp3) is 0.619. The number of rotatable bonds is 6. The van der Waals surface area contributed by atoms with Gasteiger partial charge < -0.3 is 10.6 Å². The molecule has 1 aromatic carbocycles. The van der Waals surface area contributed by atoms with Crippen LogP contribution in [0.2, 0.25) is 0 Å². The molecule has 2 aliphatic heterocycles. The van der Waals surface area contributed by atoms with Crippen molar-refractivity contribution in [2.75, 3.05) is 26.2 Å². The number of benzene rings is 1. The SMILES string of the molecule is CC(C)CN1C(=O)C2(CCN(CC(N)=O)CC2)C[C@@H]1Cc1cccc(F)c1. The highest BCUT2D eigenvalue weighted by Gasteiger charge is 2.52. The molecule has 0 radical (unpaired) electrons. The first-order chi connectivity index (χ1) is 12.8. The van der Waals surface area contributed by atoms with Gasteiger partial charge >= 0.3 is 0 Å². The summed E-state index contributed by atoms with van der Waals surface area (Å²) in [5.74, 6) is 0.0567. The molecule has 2 N–H and O–H groups in total. The second-order valence-electron chi connectivity index (χ2n) is 8.57. The number of halogens is 1. The maximum Gasteiger partial charge on any atom is 0.231 e. The Balaban J connectivity index is 1.75. The molecular weight excluding hydrogens is 345 g/mol. The van der Waals surface area contributed by atoms with Crippen molar-refractivity contribution in [1.29, 1.82) is 0 Å². The lowest BCUT2D eigenvalue weighted by Crippen LogP contribution is -2.47. The summed E-state index contributed by atoms with van der Waals surface area (Å²) in [6.07, 6.45) is 3.00. The van der Waals surface area contributed by atoms with Crippen LogP contribution in [0.3, 0.4) is 0 Å². The van der Waals surface area contributed by atoms with Crippen LogP contribution in [0.25, 0.3) is 0 Å². The quantitative estimate of drug-likeness (QED) is 0.829. The van der Waals surface area contributed by atoms with Gasteiger partial charge in [0.25, 0.3) is 0 Å². The topological polar surface area (TPSA) is 66.6 Å². The Hall–Kier alpha value is -1.95. The van der Waals surface area contributed by atoms with Crippen LogP contribution >= 0.6 is 0 Å². The van der Waals surface area contributed by atoms with Crippen LogP contribution in [-0.4, -0.2) is 53.8 Å². The molecule has 2 aliphatic rings. The van der Waals surface area contributed by atoms with E-state index in [0.717, 1.165) is 44.5 Å². The van der Waals surface area contributed by atoms with Crippen molar-refractivity contribution in [3.63, 3.8) is 0 Å². The van der Waals surface area contributed by atoms with E-state index in [4.69, 9.17) is 5.73 Å². The van der Waals surface area contributed by atoms with Gasteiger partial charge in [-0.3, -0.25) is 14.5 Å². The molecule has 1 aromatic rings. The van der Waals surface area contributed by atoms with E-state index in [0.29, 0.717) is 12.3 Å². The van der Waals surface area contributed by atoms with Gasteiger partial charge in [0.1, 0.15) is 5.82 Å². The minimum atomic E-state index is -0.346. The van der Waals surface area contributed by atoms with Gasteiger partial charge in [0.2, 0.25) is 11.8 Å². The number of hydrogen-bond acceptors (Lipinski definition) is 3. The Bertz CT molecular complexity index is 698. The molecule has 5 nitrogen and oxygen atoms in total. The van der Waals surface area contributed by atoms with Gasteiger partial charge in [-0.25, -0.2) is 4.39 Å². The Morgan fingerprint density at radius 1 is 1.33 bits per heavy atom. The van der Waals surface area contributed by atoms with Gasteiger partial charge in [0, 0.05) is 12.6 Å². The standard InChI is InChI=1S/C21H30FN3O2/c1-15(2)13-25-18(11-16-4-3-5-17(22)10-16)12-21(20(25)27)6-8-24(9-7-21)14-19(23)26/h3-5,10,15,18H,6-9,11-14H2,1-2H3,(H2,23,26)/t18-/m0/s1. The minimum absolute atomic E-state index is 0.101. The zero-order chi connectivity index (χ0) is 19.6. The number of piperidine rings is 1. The monoisotopic (exact) mass is 375 g/mol. The number of hydrogen-bond donors (Lipinski definition) is 1. The van der Waals surface area contributed by atoms with Gasteiger partial charge in [-0.05, 0) is 62.4 Å². The van der Waals surface area contributed by atoms with Crippen molar-refractivity contribution in [3.8, 4) is 0 Å². The number of amides is 2. The van der Waals surface area contributed by atoms with E-state index in [1.165, 1.54) is 6.07 Å². The Morgan fingerprint density at radius 2 is 2.04 bits per heavy atom. The van der Waals surface area contributed by atoms with Crippen LogP contribution in [-0.2, 0) is 16.0 Å². The zero-order valence-electron chi connectivity index (χ0n) is 16.3. The van der Waals surface area contributed by atoms with Crippen LogP contribution in [0.4, 0.5) is 4.39 Å². The van der Waals surface area contributed by atoms with Crippen LogP contribution in [0, 0.1) is 17.2 Å². The van der Waals surface area contributed by atoms with E-state index in [1.807, 2.05) is 15.9 Å². The van der Waals surface area contributed by atoms with E-state index < -0.39 is 0 Å². The third-order valence-electron chi connectivity index (χ3n) is 5.90. The number of carbonyl (C=O) groups excluding carboxylic acids is 2. The molecule has 1 spiro atoms. The van der Waals surface area contributed by atoms with Crippen molar-refractivity contribution < 1.29 is 14.0 Å². The molecule has 2 fully saturated rings. The lowest BCUT2D eigenvalue weighted by atomic mass is 9.75. The van der Waals surface area contributed by atoms with Crippen LogP contribution in [0.1, 0.15) is 38.7 Å². The molecule has 2 saturated heterocycles. The first-order valence-electron chi connectivity index (χ1n) is 9.85. The number of primary amides is 1. The van der Waals surface area contributed by atoms with Crippen molar-refractivity contribution >= 4 is 11.8 Å². The van der Waals surface area contributed by atoms with Crippen LogP contribution in [0.5, 0.6) is 0 Å². The summed E-state index contributed by atoms with van der Waals surface area (Å²) in [6, 6.07) is 6.78. The molecule has 2 amide bonds. The Labute approximate surface area is 160 Å². The summed E-state index contributed by atoms with van der Waals surface area (Å²) in [6.45, 7) is 6.66. The highest BCUT2D eigenvalue weighted by atomic mass is 19.1. The largest absolute Gasteiger partial charge is 0.369 e. The Kier molecular flexibility index (Phi) is 5.84. The smallest absolute Gasteiger partial charge is 0.231 e. The molecule has 0 unspecified atom stereocenters. The van der Waals surface area contributed by atoms with E-state index in [-0.39, 0.29) is 35.6 Å². The summed E-state index contributed by atoms with van der Waals surface area (Å²) in [4.78, 5) is 28.6. The van der Waals surface area contributed by atoms with Gasteiger partial charge in [-0.2, -0.15) is 0 Å². The van der Waals surface area contributed by atoms with Crippen LogP contribution in [0.15, 0.2) is 24.3 Å². The second-order valence-corrected chi connectivity index (χ2v) is 8.57. The summed E-state index contributed by atoms with van der Waals surface area (Å²) in [5.41, 5.74) is 5.89. The maximum absolute atomic E-state index is 13.6. The number of carbonyl (C=O) groups is 2. The average molecular weight is 375 g/mol. The lowest BCUT2D eigenvalue weighted by molar-refractivity contribution is -0.139. The number of nitrogens with two attached hydrogens (primary N) is 1. The van der Waals surface area contributed by atoms with Crippen molar-refractivity contribution in [1.82, 2.24) is 9.80 Å². The van der Waals surface area contributed by atoms with E-state index in [9.17, 15) is 14.0 Å². The molecule has 0 bridgehead atoms. The van der Waals surface area contributed by atoms with Crippen molar-refractivity contribution in [3.05, 3.63) is 35.6 Å². The summed E-state index contributed by atoms with van der Waals surface area (Å²) >= 11 is 0. The second kappa shape index (κ2) is 7.97. The maximum atomic E-state index is 13.6. The normalized spacial score (nSPS) is 22.7. The van der Waals surface area contributed by atoms with Gasteiger partial charge in [0.15, 0.2) is 0 Å². The first-order valence-corrected chi connectivity index (χ1v) is 9.85. The molecule has 1 atom stereocenters. The first kappa shape index (κ1) is 19.8. The van der Waals surface area contributed by atoms with E-state index in [2.05, 4.69) is 13.8 Å².